The molecule has 1 saturated heterocycles. The normalized spacial score (nSPS) is 26.9. The summed E-state index contributed by atoms with van der Waals surface area (Å²) in [5, 5.41) is 23.1. The van der Waals surface area contributed by atoms with Crippen LogP contribution in [0.1, 0.15) is 156 Å². The highest BCUT2D eigenvalue weighted by molar-refractivity contribution is 5.99. The molecule has 12 atom stereocenters. The Labute approximate surface area is 508 Å². The van der Waals surface area contributed by atoms with Gasteiger partial charge in [-0.3, -0.25) is 52.7 Å². The minimum absolute atomic E-state index is 0.0229. The number of hydrogen-bond acceptors (Lipinski definition) is 12. The molecule has 0 aliphatic carbocycles. The van der Waals surface area contributed by atoms with E-state index < -0.39 is 156 Å². The van der Waals surface area contributed by atoms with Gasteiger partial charge in [-0.2, -0.15) is 0 Å². The number of amides is 11. The van der Waals surface area contributed by atoms with E-state index in [0.29, 0.717) is 6.42 Å². The van der Waals surface area contributed by atoms with Crippen LogP contribution in [0.5, 0.6) is 0 Å². The maximum Gasteiger partial charge on any atom is 0.246 e. The summed E-state index contributed by atoms with van der Waals surface area (Å²) in [5.41, 5.74) is 0. The van der Waals surface area contributed by atoms with Crippen LogP contribution in [0.2, 0.25) is 0 Å². The lowest BCUT2D eigenvalue weighted by molar-refractivity contribution is -0.157. The Balaban J connectivity index is 4.32. The molecule has 1 heterocycles. The second-order valence-corrected chi connectivity index (χ2v) is 26.1. The minimum Gasteiger partial charge on any atom is -0.390 e. The molecular weight excluding hydrogens is 1090 g/mol. The number of aliphatic hydroxyl groups is 1. The largest absolute Gasteiger partial charge is 0.390 e. The molecule has 23 nitrogen and oxygen atoms in total. The second-order valence-electron chi connectivity index (χ2n) is 26.1. The van der Waals surface area contributed by atoms with E-state index in [9.17, 15) is 48.3 Å². The Morgan fingerprint density at radius 3 is 1.32 bits per heavy atom. The van der Waals surface area contributed by atoms with Crippen LogP contribution >= 0.6 is 0 Å². The van der Waals surface area contributed by atoms with Crippen molar-refractivity contribution >= 4 is 65.0 Å². The van der Waals surface area contributed by atoms with Gasteiger partial charge < -0.3 is 60.7 Å². The molecule has 5 N–H and O–H groups in total. The number of carbonyl (C=O) groups is 11. The van der Waals surface area contributed by atoms with Crippen molar-refractivity contribution in [1.82, 2.24) is 55.6 Å². The van der Waals surface area contributed by atoms with Crippen LogP contribution < -0.4 is 21.3 Å². The fourth-order valence-corrected chi connectivity index (χ4v) is 10.7. The topological polar surface area (TPSA) is 279 Å². The second kappa shape index (κ2) is 34.9. The fraction of sp³-hybridized carbons (Fsp3) is 0.790. The van der Waals surface area contributed by atoms with Gasteiger partial charge in [-0.25, -0.2) is 0 Å². The van der Waals surface area contributed by atoms with Gasteiger partial charge in [0, 0.05) is 49.3 Å². The Bertz CT molecular complexity index is 2330. The van der Waals surface area contributed by atoms with E-state index in [1.54, 1.807) is 54.5 Å². The van der Waals surface area contributed by atoms with Crippen molar-refractivity contribution in [2.45, 2.75) is 223 Å². The van der Waals surface area contributed by atoms with Crippen LogP contribution in [-0.4, -0.2) is 227 Å². The van der Waals surface area contributed by atoms with Crippen LogP contribution in [0.4, 0.5) is 0 Å². The van der Waals surface area contributed by atoms with E-state index >= 15 is 9.59 Å². The predicted octanol–water partition coefficient (Wildman–Crippen LogP) is 3.27. The van der Waals surface area contributed by atoms with Gasteiger partial charge in [0.15, 0.2) is 0 Å². The van der Waals surface area contributed by atoms with Crippen molar-refractivity contribution in [3.05, 3.63) is 12.2 Å². The Hall–Kier alpha value is -6.13. The molecule has 0 aromatic carbocycles. The third-order valence-electron chi connectivity index (χ3n) is 16.1. The summed E-state index contributed by atoms with van der Waals surface area (Å²) in [4.78, 5) is 169. The van der Waals surface area contributed by atoms with Crippen molar-refractivity contribution in [3.8, 4) is 0 Å². The number of likely N-dealkylation sites (N-methyl/N-ethyl adjacent to an activating group) is 7. The first-order valence-electron chi connectivity index (χ1n) is 30.6. The fourth-order valence-electron chi connectivity index (χ4n) is 10.7. The van der Waals surface area contributed by atoms with Gasteiger partial charge in [-0.05, 0) is 101 Å². The van der Waals surface area contributed by atoms with Crippen molar-refractivity contribution in [2.24, 2.45) is 41.4 Å². The number of allylic oxidation sites excluding steroid dienone is 2. The monoisotopic (exact) mass is 1200 g/mol. The molecule has 0 bridgehead atoms. The molecule has 0 aromatic heterocycles. The molecule has 486 valence electrons. The summed E-state index contributed by atoms with van der Waals surface area (Å²) in [7, 11) is 9.92. The van der Waals surface area contributed by atoms with Gasteiger partial charge in [-0.15, -0.1) is 0 Å². The zero-order chi connectivity index (χ0) is 66.0. The lowest BCUT2D eigenvalue weighted by Crippen LogP contribution is -2.63. The molecule has 23 heteroatoms. The first-order chi connectivity index (χ1) is 39.2. The molecular formula is C62H111N11O12. The summed E-state index contributed by atoms with van der Waals surface area (Å²) in [6.45, 7) is 29.3. The Kier molecular flexibility index (Phi) is 31.5. The van der Waals surface area contributed by atoms with E-state index in [4.69, 9.17) is 0 Å². The van der Waals surface area contributed by atoms with E-state index in [1.165, 1.54) is 87.7 Å². The number of hydrogen-bond donors (Lipinski definition) is 5. The number of nitrogens with zero attached hydrogens (tertiary/aromatic N) is 7. The molecule has 1 fully saturated rings. The lowest BCUT2D eigenvalue weighted by Gasteiger charge is -2.41. The molecule has 0 saturated carbocycles. The highest BCUT2D eigenvalue weighted by Crippen LogP contribution is 2.26. The van der Waals surface area contributed by atoms with E-state index in [-0.39, 0.29) is 55.8 Å². The quantitative estimate of drug-likeness (QED) is 0.148. The van der Waals surface area contributed by atoms with E-state index in [1.807, 2.05) is 61.5 Å². The number of nitrogens with one attached hydrogen (secondary N) is 4. The van der Waals surface area contributed by atoms with Gasteiger partial charge >= 0.3 is 0 Å². The van der Waals surface area contributed by atoms with Crippen LogP contribution in [0.25, 0.3) is 0 Å². The maximum absolute atomic E-state index is 15.1. The van der Waals surface area contributed by atoms with Crippen LogP contribution in [0, 0.1) is 41.4 Å². The third kappa shape index (κ3) is 21.7. The zero-order valence-corrected chi connectivity index (χ0v) is 56.1. The number of carbonyl (C=O) groups excluding carboxylic acids is 11. The summed E-state index contributed by atoms with van der Waals surface area (Å²) in [6.07, 6.45) is 3.04. The van der Waals surface area contributed by atoms with Crippen LogP contribution in [0.3, 0.4) is 0 Å². The van der Waals surface area contributed by atoms with Gasteiger partial charge in [0.1, 0.15) is 60.4 Å². The SMILES string of the molecule is C/C=C/C[C@@H](C)[C@@H](O)[C@H]1C(=O)N[C@@H](CC)C(=O)N(C)CC(=O)N(C)[C@@H](CC(C)C)C(=O)N[C@@H](C(C)C)C(=O)N(C)[C@@H](CC(C)C)C(=O)N[C@@H](C)C(=O)N[C@H](C)C(=O)N(C)[C@@H](CC(C)C)C(=O)N(C)C(CC(C)C)C(=O)N(C)[C@@H](C(C)C)C(=O)N1C. The Morgan fingerprint density at radius 1 is 0.459 bits per heavy atom. The zero-order valence-electron chi connectivity index (χ0n) is 56.1. The molecule has 0 aromatic rings. The highest BCUT2D eigenvalue weighted by Gasteiger charge is 2.45. The van der Waals surface area contributed by atoms with E-state index in [2.05, 4.69) is 21.3 Å². The smallest absolute Gasteiger partial charge is 0.246 e. The molecule has 11 amide bonds. The summed E-state index contributed by atoms with van der Waals surface area (Å²) in [6, 6.07) is -12.3. The summed E-state index contributed by atoms with van der Waals surface area (Å²) < 4.78 is 0. The number of rotatable bonds is 15. The average Bonchev–Trinajstić information content (AvgIpc) is 3.62. The first-order valence-corrected chi connectivity index (χ1v) is 30.6. The van der Waals surface area contributed by atoms with Gasteiger partial charge in [0.2, 0.25) is 65.0 Å². The van der Waals surface area contributed by atoms with Gasteiger partial charge in [0.25, 0.3) is 0 Å². The van der Waals surface area contributed by atoms with Crippen molar-refractivity contribution in [1.29, 1.82) is 0 Å². The molecule has 1 aliphatic rings. The van der Waals surface area contributed by atoms with Crippen molar-refractivity contribution in [2.75, 3.05) is 55.9 Å². The van der Waals surface area contributed by atoms with Gasteiger partial charge in [-0.1, -0.05) is 109 Å². The first kappa shape index (κ1) is 76.9. The highest BCUT2D eigenvalue weighted by atomic mass is 16.3. The predicted molar refractivity (Wildman–Crippen MR) is 328 cm³/mol. The lowest BCUT2D eigenvalue weighted by atomic mass is 9.91. The molecule has 1 aliphatic heterocycles. The molecule has 1 unspecified atom stereocenters. The summed E-state index contributed by atoms with van der Waals surface area (Å²) in [5.74, 6) is -9.71. The third-order valence-corrected chi connectivity index (χ3v) is 16.1. The van der Waals surface area contributed by atoms with Crippen LogP contribution in [0.15, 0.2) is 12.2 Å². The van der Waals surface area contributed by atoms with Crippen molar-refractivity contribution in [3.63, 3.8) is 0 Å². The average molecular weight is 1200 g/mol. The number of aliphatic hydroxyl groups excluding tert-OH is 1. The minimum atomic E-state index is -1.61. The summed E-state index contributed by atoms with van der Waals surface area (Å²) >= 11 is 0. The molecule has 85 heavy (non-hydrogen) atoms. The molecule has 1 rings (SSSR count). The standard InChI is InChI=1S/C62H111N11O12/c1-25-27-28-40(15)52(75)51-56(79)65-43(26-2)58(81)67(18)33-48(74)68(19)44(29-34(3)4)55(78)66-49(38(11)12)61(84)69(20)45(30-35(5)6)54(77)63-41(16)53(76)64-42(17)57(80)70(21)46(31-36(7)8)59(82)71(22)47(32-37(9)10)60(83)72(23)50(39(13)14)62(85)73(51)24/h25,27,34-47,49-52,75H,26,28-33H2,1-24H3,(H,63,77)(H,64,76)(H,65,79)(H,66,78)/b27-25+/t40-,41+,42-,43+,44+,45+,46+,47?,49+,50+,51+,52-/m1/s1. The Morgan fingerprint density at radius 2 is 0.871 bits per heavy atom. The molecule has 0 radical (unpaired) electrons. The van der Waals surface area contributed by atoms with E-state index in [0.717, 1.165) is 9.80 Å². The maximum atomic E-state index is 15.1. The van der Waals surface area contributed by atoms with Crippen LogP contribution in [-0.2, 0) is 52.7 Å². The van der Waals surface area contributed by atoms with Gasteiger partial charge in [0.05, 0.1) is 12.6 Å². The molecule has 0 spiro atoms. The van der Waals surface area contributed by atoms with Crippen molar-refractivity contribution < 1.29 is 57.8 Å².